The summed E-state index contributed by atoms with van der Waals surface area (Å²) in [6.45, 7) is 4.72. The fourth-order valence-corrected chi connectivity index (χ4v) is 2.35. The second-order valence-electron chi connectivity index (χ2n) is 5.27. The van der Waals surface area contributed by atoms with Crippen molar-refractivity contribution in [2.45, 2.75) is 32.7 Å². The van der Waals surface area contributed by atoms with Gasteiger partial charge >= 0.3 is 0 Å². The summed E-state index contributed by atoms with van der Waals surface area (Å²) in [7, 11) is 0. The summed E-state index contributed by atoms with van der Waals surface area (Å²) < 4.78 is 0. The summed E-state index contributed by atoms with van der Waals surface area (Å²) in [6.07, 6.45) is 1.91. The number of fused-ring (bicyclic) bond motifs is 1. The number of carbonyl (C=O) groups excluding carboxylic acids is 2. The summed E-state index contributed by atoms with van der Waals surface area (Å²) in [5.41, 5.74) is 2.73. The van der Waals surface area contributed by atoms with Gasteiger partial charge in [0.2, 0.25) is 5.91 Å². The predicted molar refractivity (Wildman–Crippen MR) is 78.9 cm³/mol. The average molecular weight is 275 g/mol. The molecule has 5 nitrogen and oxygen atoms in total. The van der Waals surface area contributed by atoms with Crippen LogP contribution in [0.2, 0.25) is 0 Å². The van der Waals surface area contributed by atoms with Crippen LogP contribution in [0.25, 0.3) is 0 Å². The van der Waals surface area contributed by atoms with E-state index in [0.29, 0.717) is 5.56 Å². The third-order valence-electron chi connectivity index (χ3n) is 3.20. The molecule has 1 aromatic carbocycles. The van der Waals surface area contributed by atoms with Gasteiger partial charge in [-0.1, -0.05) is 6.07 Å². The molecule has 0 aliphatic carbocycles. The Hall–Kier alpha value is -2.04. The molecule has 0 unspecified atom stereocenters. The van der Waals surface area contributed by atoms with E-state index in [0.717, 1.165) is 30.6 Å². The van der Waals surface area contributed by atoms with Crippen LogP contribution in [0.15, 0.2) is 18.2 Å². The van der Waals surface area contributed by atoms with Crippen LogP contribution in [0.5, 0.6) is 0 Å². The molecule has 2 amide bonds. The van der Waals surface area contributed by atoms with Gasteiger partial charge in [0, 0.05) is 23.8 Å². The van der Waals surface area contributed by atoms with Crippen molar-refractivity contribution in [2.24, 2.45) is 0 Å². The maximum Gasteiger partial charge on any atom is 0.252 e. The SMILES string of the molecule is CC(C)NC(=O)CNC(=O)c1cccc2c1CCCN2. The van der Waals surface area contributed by atoms with Crippen molar-refractivity contribution in [3.63, 3.8) is 0 Å². The van der Waals surface area contributed by atoms with E-state index in [1.807, 2.05) is 32.0 Å². The molecule has 1 aromatic rings. The number of hydrogen-bond acceptors (Lipinski definition) is 3. The molecule has 1 heterocycles. The quantitative estimate of drug-likeness (QED) is 0.775. The van der Waals surface area contributed by atoms with Gasteiger partial charge in [0.1, 0.15) is 0 Å². The van der Waals surface area contributed by atoms with Gasteiger partial charge < -0.3 is 16.0 Å². The highest BCUT2D eigenvalue weighted by molar-refractivity contribution is 5.99. The van der Waals surface area contributed by atoms with Crippen LogP contribution in [0.3, 0.4) is 0 Å². The van der Waals surface area contributed by atoms with E-state index in [4.69, 9.17) is 0 Å². The van der Waals surface area contributed by atoms with Gasteiger partial charge in [-0.05, 0) is 44.4 Å². The van der Waals surface area contributed by atoms with Crippen molar-refractivity contribution < 1.29 is 9.59 Å². The van der Waals surface area contributed by atoms with Crippen LogP contribution < -0.4 is 16.0 Å². The number of carbonyl (C=O) groups is 2. The van der Waals surface area contributed by atoms with Gasteiger partial charge in [-0.2, -0.15) is 0 Å². The van der Waals surface area contributed by atoms with Crippen LogP contribution in [0.1, 0.15) is 36.2 Å². The van der Waals surface area contributed by atoms with E-state index in [2.05, 4.69) is 16.0 Å². The van der Waals surface area contributed by atoms with Crippen molar-refractivity contribution in [1.82, 2.24) is 10.6 Å². The minimum atomic E-state index is -0.190. The first-order valence-corrected chi connectivity index (χ1v) is 7.01. The van der Waals surface area contributed by atoms with E-state index in [1.54, 1.807) is 0 Å². The number of hydrogen-bond donors (Lipinski definition) is 3. The molecule has 3 N–H and O–H groups in total. The Kier molecular flexibility index (Phi) is 4.61. The zero-order chi connectivity index (χ0) is 14.5. The zero-order valence-electron chi connectivity index (χ0n) is 12.0. The highest BCUT2D eigenvalue weighted by Gasteiger charge is 2.17. The minimum Gasteiger partial charge on any atom is -0.385 e. The minimum absolute atomic E-state index is 0.00805. The fraction of sp³-hybridized carbons (Fsp3) is 0.467. The van der Waals surface area contributed by atoms with E-state index < -0.39 is 0 Å². The molecule has 20 heavy (non-hydrogen) atoms. The lowest BCUT2D eigenvalue weighted by molar-refractivity contribution is -0.120. The standard InChI is InChI=1S/C15H21N3O2/c1-10(2)18-14(19)9-17-15(20)12-5-3-7-13-11(12)6-4-8-16-13/h3,5,7,10,16H,4,6,8-9H2,1-2H3,(H,17,20)(H,18,19). The van der Waals surface area contributed by atoms with E-state index in [-0.39, 0.29) is 24.4 Å². The molecule has 0 radical (unpaired) electrons. The second kappa shape index (κ2) is 6.41. The van der Waals surface area contributed by atoms with Crippen LogP contribution in [-0.4, -0.2) is 30.9 Å². The number of benzene rings is 1. The Morgan fingerprint density at radius 3 is 2.90 bits per heavy atom. The van der Waals surface area contributed by atoms with E-state index in [9.17, 15) is 9.59 Å². The lowest BCUT2D eigenvalue weighted by atomic mass is 9.97. The largest absolute Gasteiger partial charge is 0.385 e. The zero-order valence-corrected chi connectivity index (χ0v) is 12.0. The van der Waals surface area contributed by atoms with Crippen LogP contribution in [0.4, 0.5) is 5.69 Å². The highest BCUT2D eigenvalue weighted by Crippen LogP contribution is 2.25. The van der Waals surface area contributed by atoms with Gasteiger partial charge in [0.05, 0.1) is 6.54 Å². The Labute approximate surface area is 119 Å². The molecule has 0 saturated carbocycles. The molecule has 0 fully saturated rings. The van der Waals surface area contributed by atoms with Crippen LogP contribution >= 0.6 is 0 Å². The maximum absolute atomic E-state index is 12.2. The summed E-state index contributed by atoms with van der Waals surface area (Å²) in [5, 5.41) is 8.71. The van der Waals surface area contributed by atoms with Gasteiger partial charge in [0.25, 0.3) is 5.91 Å². The molecular formula is C15H21N3O2. The fourth-order valence-electron chi connectivity index (χ4n) is 2.35. The first-order chi connectivity index (χ1) is 9.58. The first kappa shape index (κ1) is 14.4. The van der Waals surface area contributed by atoms with E-state index in [1.165, 1.54) is 0 Å². The molecule has 1 aliphatic heterocycles. The lowest BCUT2D eigenvalue weighted by Crippen LogP contribution is -2.40. The van der Waals surface area contributed by atoms with Crippen LogP contribution in [-0.2, 0) is 11.2 Å². The molecule has 0 spiro atoms. The molecule has 0 saturated heterocycles. The Morgan fingerprint density at radius 2 is 2.15 bits per heavy atom. The summed E-state index contributed by atoms with van der Waals surface area (Å²) in [6, 6.07) is 5.73. The molecule has 2 rings (SSSR count). The number of anilines is 1. The van der Waals surface area contributed by atoms with Crippen molar-refractivity contribution in [2.75, 3.05) is 18.4 Å². The van der Waals surface area contributed by atoms with Crippen molar-refractivity contribution in [1.29, 1.82) is 0 Å². The van der Waals surface area contributed by atoms with Gasteiger partial charge in [0.15, 0.2) is 0 Å². The molecule has 0 aromatic heterocycles. The predicted octanol–water partition coefficient (Wildman–Crippen LogP) is 1.30. The van der Waals surface area contributed by atoms with Crippen molar-refractivity contribution in [3.05, 3.63) is 29.3 Å². The third kappa shape index (κ3) is 3.50. The summed E-state index contributed by atoms with van der Waals surface area (Å²) in [5.74, 6) is -0.360. The number of amides is 2. The average Bonchev–Trinajstić information content (AvgIpc) is 2.43. The Balaban J connectivity index is 2.01. The maximum atomic E-state index is 12.2. The van der Waals surface area contributed by atoms with Crippen LogP contribution in [0, 0.1) is 0 Å². The van der Waals surface area contributed by atoms with Gasteiger partial charge in [-0.25, -0.2) is 0 Å². The molecule has 0 bridgehead atoms. The highest BCUT2D eigenvalue weighted by atomic mass is 16.2. The Morgan fingerprint density at radius 1 is 1.35 bits per heavy atom. The molecule has 1 aliphatic rings. The topological polar surface area (TPSA) is 70.2 Å². The monoisotopic (exact) mass is 275 g/mol. The second-order valence-corrected chi connectivity index (χ2v) is 5.27. The third-order valence-corrected chi connectivity index (χ3v) is 3.20. The van der Waals surface area contributed by atoms with Gasteiger partial charge in [-0.15, -0.1) is 0 Å². The van der Waals surface area contributed by atoms with Crippen molar-refractivity contribution in [3.8, 4) is 0 Å². The first-order valence-electron chi connectivity index (χ1n) is 7.01. The molecule has 0 atom stereocenters. The lowest BCUT2D eigenvalue weighted by Gasteiger charge is -2.20. The number of nitrogens with one attached hydrogen (secondary N) is 3. The summed E-state index contributed by atoms with van der Waals surface area (Å²) in [4.78, 5) is 23.7. The van der Waals surface area contributed by atoms with Gasteiger partial charge in [-0.3, -0.25) is 9.59 Å². The summed E-state index contributed by atoms with van der Waals surface area (Å²) >= 11 is 0. The molecule has 5 heteroatoms. The van der Waals surface area contributed by atoms with E-state index >= 15 is 0 Å². The number of rotatable bonds is 4. The Bertz CT molecular complexity index is 512. The van der Waals surface area contributed by atoms with Crippen molar-refractivity contribution >= 4 is 17.5 Å². The molecular weight excluding hydrogens is 254 g/mol. The molecule has 108 valence electrons. The normalized spacial score (nSPS) is 13.3. The smallest absolute Gasteiger partial charge is 0.252 e.